The fourth-order valence-electron chi connectivity index (χ4n) is 3.42. The number of rotatable bonds is 4. The Morgan fingerprint density at radius 1 is 0.964 bits per heavy atom. The Kier molecular flexibility index (Phi) is 4.39. The molecular weight excluding hydrogens is 374 g/mol. The Hall–Kier alpha value is -3.19. The number of nitrogens with zero attached hydrogens (tertiary/aromatic N) is 2. The molecule has 0 saturated carbocycles. The molecular formula is C21H19N3O3S. The van der Waals surface area contributed by atoms with Gasteiger partial charge in [0.05, 0.1) is 10.6 Å². The Bertz CT molecular complexity index is 1240. The lowest BCUT2D eigenvalue weighted by Crippen LogP contribution is -2.09. The van der Waals surface area contributed by atoms with Crippen molar-refractivity contribution >= 4 is 9.84 Å². The first-order chi connectivity index (χ1) is 13.4. The number of sulfone groups is 1. The number of imidazole rings is 1. The molecule has 28 heavy (non-hydrogen) atoms. The summed E-state index contributed by atoms with van der Waals surface area (Å²) in [6.07, 6.45) is 1.49. The Morgan fingerprint density at radius 2 is 1.71 bits per heavy atom. The molecule has 0 radical (unpaired) electrons. The number of aromatic nitrogens is 3. The summed E-state index contributed by atoms with van der Waals surface area (Å²) >= 11 is 0. The zero-order valence-electron chi connectivity index (χ0n) is 15.7. The summed E-state index contributed by atoms with van der Waals surface area (Å²) in [5, 5.41) is 4.04. The predicted molar refractivity (Wildman–Crippen MR) is 106 cm³/mol. The van der Waals surface area contributed by atoms with Crippen molar-refractivity contribution in [1.82, 2.24) is 15.1 Å². The minimum absolute atomic E-state index is 0.0551. The number of nitrogens with one attached hydrogen (secondary N) is 1. The second-order valence-electron chi connectivity index (χ2n) is 6.68. The van der Waals surface area contributed by atoms with Crippen LogP contribution >= 0.6 is 0 Å². The van der Waals surface area contributed by atoms with Gasteiger partial charge in [-0.3, -0.25) is 0 Å². The topological polar surface area (TPSA) is 88.8 Å². The molecule has 0 aliphatic heterocycles. The molecule has 0 saturated heterocycles. The van der Waals surface area contributed by atoms with Crippen molar-refractivity contribution in [2.75, 3.05) is 0 Å². The van der Waals surface area contributed by atoms with Crippen LogP contribution in [-0.2, 0) is 9.84 Å². The number of benzene rings is 2. The molecule has 0 aliphatic rings. The molecule has 0 bridgehead atoms. The van der Waals surface area contributed by atoms with Crippen LogP contribution in [0.1, 0.15) is 17.1 Å². The van der Waals surface area contributed by atoms with E-state index in [2.05, 4.69) is 15.1 Å². The molecule has 2 aromatic carbocycles. The third-order valence-corrected chi connectivity index (χ3v) is 6.56. The Labute approximate surface area is 163 Å². The molecule has 0 unspecified atom stereocenters. The average Bonchev–Trinajstić information content (AvgIpc) is 3.31. The van der Waals surface area contributed by atoms with Crippen molar-refractivity contribution in [2.45, 2.75) is 30.7 Å². The Balaban J connectivity index is 2.03. The maximum Gasteiger partial charge on any atom is 0.226 e. The van der Waals surface area contributed by atoms with Gasteiger partial charge in [0.15, 0.2) is 5.03 Å². The fourth-order valence-corrected chi connectivity index (χ4v) is 5.27. The van der Waals surface area contributed by atoms with Gasteiger partial charge in [-0.2, -0.15) is 0 Å². The summed E-state index contributed by atoms with van der Waals surface area (Å²) in [4.78, 5) is 7.47. The van der Waals surface area contributed by atoms with Crippen LogP contribution in [0.15, 0.2) is 69.2 Å². The molecule has 1 N–H and O–H groups in total. The third-order valence-electron chi connectivity index (χ3n) is 4.57. The lowest BCUT2D eigenvalue weighted by atomic mass is 9.99. The van der Waals surface area contributed by atoms with Crippen LogP contribution in [0.3, 0.4) is 0 Å². The van der Waals surface area contributed by atoms with E-state index in [0.29, 0.717) is 28.3 Å². The van der Waals surface area contributed by atoms with Gasteiger partial charge in [0.2, 0.25) is 9.84 Å². The number of H-pyrrole nitrogens is 1. The van der Waals surface area contributed by atoms with Gasteiger partial charge < -0.3 is 9.51 Å². The van der Waals surface area contributed by atoms with E-state index < -0.39 is 9.84 Å². The van der Waals surface area contributed by atoms with E-state index in [-0.39, 0.29) is 9.92 Å². The van der Waals surface area contributed by atoms with Crippen LogP contribution in [0.25, 0.3) is 22.4 Å². The molecule has 142 valence electrons. The number of hydrogen-bond acceptors (Lipinski definition) is 5. The van der Waals surface area contributed by atoms with E-state index in [1.54, 1.807) is 26.8 Å². The zero-order chi connectivity index (χ0) is 19.9. The lowest BCUT2D eigenvalue weighted by Gasteiger charge is -2.15. The van der Waals surface area contributed by atoms with Crippen molar-refractivity contribution in [1.29, 1.82) is 0 Å². The highest BCUT2D eigenvalue weighted by Gasteiger charge is 2.29. The van der Waals surface area contributed by atoms with Gasteiger partial charge in [-0.25, -0.2) is 13.4 Å². The van der Waals surface area contributed by atoms with E-state index in [0.717, 1.165) is 11.1 Å². The molecule has 0 amide bonds. The number of aromatic amines is 1. The monoisotopic (exact) mass is 393 g/mol. The molecule has 4 rings (SSSR count). The second-order valence-corrected chi connectivity index (χ2v) is 8.48. The van der Waals surface area contributed by atoms with Gasteiger partial charge in [-0.1, -0.05) is 35.5 Å². The number of aryl methyl sites for hydroxylation is 3. The van der Waals surface area contributed by atoms with E-state index in [4.69, 9.17) is 4.52 Å². The normalized spacial score (nSPS) is 11.7. The van der Waals surface area contributed by atoms with Crippen LogP contribution in [0, 0.1) is 20.8 Å². The quantitative estimate of drug-likeness (QED) is 0.552. The summed E-state index contributed by atoms with van der Waals surface area (Å²) in [6, 6.07) is 14.8. The molecule has 0 spiro atoms. The van der Waals surface area contributed by atoms with Crippen LogP contribution in [0.2, 0.25) is 0 Å². The van der Waals surface area contributed by atoms with Crippen LogP contribution in [0.5, 0.6) is 0 Å². The van der Waals surface area contributed by atoms with Crippen molar-refractivity contribution in [2.24, 2.45) is 0 Å². The van der Waals surface area contributed by atoms with Gasteiger partial charge in [0.1, 0.15) is 17.8 Å². The van der Waals surface area contributed by atoms with Crippen LogP contribution in [-0.4, -0.2) is 23.5 Å². The van der Waals surface area contributed by atoms with Crippen molar-refractivity contribution in [3.63, 3.8) is 0 Å². The molecule has 2 heterocycles. The van der Waals surface area contributed by atoms with Crippen molar-refractivity contribution in [3.8, 4) is 22.4 Å². The summed E-state index contributed by atoms with van der Waals surface area (Å²) in [7, 11) is -3.83. The highest BCUT2D eigenvalue weighted by atomic mass is 32.2. The zero-order valence-corrected chi connectivity index (χ0v) is 16.5. The molecule has 0 aliphatic carbocycles. The maximum atomic E-state index is 13.6. The molecule has 0 fully saturated rings. The van der Waals surface area contributed by atoms with Crippen molar-refractivity contribution < 1.29 is 12.9 Å². The minimum Gasteiger partial charge on any atom is -0.364 e. The molecule has 6 nitrogen and oxygen atoms in total. The minimum atomic E-state index is -3.83. The van der Waals surface area contributed by atoms with Gasteiger partial charge in [-0.05, 0) is 44.0 Å². The predicted octanol–water partition coefficient (Wildman–Crippen LogP) is 4.49. The Morgan fingerprint density at radius 3 is 2.32 bits per heavy atom. The average molecular weight is 393 g/mol. The second kappa shape index (κ2) is 6.76. The first-order valence-corrected chi connectivity index (χ1v) is 10.3. The highest BCUT2D eigenvalue weighted by Crippen LogP contribution is 2.37. The summed E-state index contributed by atoms with van der Waals surface area (Å²) in [5.74, 6) is 0.564. The van der Waals surface area contributed by atoms with E-state index >= 15 is 0 Å². The van der Waals surface area contributed by atoms with Gasteiger partial charge >= 0.3 is 0 Å². The summed E-state index contributed by atoms with van der Waals surface area (Å²) < 4.78 is 32.1. The summed E-state index contributed by atoms with van der Waals surface area (Å²) in [6.45, 7) is 5.25. The van der Waals surface area contributed by atoms with E-state index in [9.17, 15) is 8.42 Å². The van der Waals surface area contributed by atoms with Gasteiger partial charge in [-0.15, -0.1) is 0 Å². The fraction of sp³-hybridized carbons (Fsp3) is 0.143. The smallest absolute Gasteiger partial charge is 0.226 e. The highest BCUT2D eigenvalue weighted by molar-refractivity contribution is 7.91. The van der Waals surface area contributed by atoms with E-state index in [1.165, 1.54) is 6.26 Å². The lowest BCUT2D eigenvalue weighted by molar-refractivity contribution is 0.422. The molecule has 2 aromatic heterocycles. The van der Waals surface area contributed by atoms with Gasteiger partial charge in [0, 0.05) is 17.2 Å². The van der Waals surface area contributed by atoms with Crippen molar-refractivity contribution in [3.05, 3.63) is 71.9 Å². The molecule has 0 atom stereocenters. The van der Waals surface area contributed by atoms with Gasteiger partial charge in [0.25, 0.3) is 0 Å². The maximum absolute atomic E-state index is 13.6. The number of hydrogen-bond donors (Lipinski definition) is 1. The largest absolute Gasteiger partial charge is 0.364 e. The third kappa shape index (κ3) is 3.03. The van der Waals surface area contributed by atoms with E-state index in [1.807, 2.05) is 42.5 Å². The molecule has 7 heteroatoms. The standard InChI is InChI=1S/C21H19N3O3S/c1-13-11-17(19-9-10-27-24-19)12-18(16-7-5-4-6-8-16)20(13)28(25,26)21-14(2)22-15(3)23-21/h4-12H,1-3H3,(H,22,23). The molecule has 4 aromatic rings. The van der Waals surface area contributed by atoms with Crippen LogP contribution in [0.4, 0.5) is 0 Å². The van der Waals surface area contributed by atoms with Crippen LogP contribution < -0.4 is 0 Å². The first-order valence-electron chi connectivity index (χ1n) is 8.77. The first kappa shape index (κ1) is 18.2. The summed E-state index contributed by atoms with van der Waals surface area (Å²) in [5.41, 5.74) is 4.00. The SMILES string of the molecule is Cc1nc(S(=O)(=O)c2c(C)cc(-c3ccon3)cc2-c2ccccc2)c(C)[nH]1.